The van der Waals surface area contributed by atoms with Gasteiger partial charge in [-0.2, -0.15) is 8.78 Å². The van der Waals surface area contributed by atoms with E-state index in [1.807, 2.05) is 13.0 Å². The zero-order chi connectivity index (χ0) is 15.9. The van der Waals surface area contributed by atoms with Crippen molar-refractivity contribution >= 4 is 0 Å². The Labute approximate surface area is 130 Å². The number of ether oxygens (including phenoxy) is 2. The SMILES string of the molecule is CC(CC1COCCN1)NC(C)c1cccc(OC(F)F)c1. The van der Waals surface area contributed by atoms with Gasteiger partial charge in [0.15, 0.2) is 0 Å². The van der Waals surface area contributed by atoms with Crippen LogP contribution in [0, 0.1) is 0 Å². The van der Waals surface area contributed by atoms with Crippen LogP contribution in [0.25, 0.3) is 0 Å². The van der Waals surface area contributed by atoms with E-state index in [0.717, 1.165) is 31.7 Å². The van der Waals surface area contributed by atoms with Crippen molar-refractivity contribution in [3.8, 4) is 5.75 Å². The molecule has 0 bridgehead atoms. The highest BCUT2D eigenvalue weighted by molar-refractivity contribution is 5.30. The lowest BCUT2D eigenvalue weighted by Gasteiger charge is -2.28. The Bertz CT molecular complexity index is 454. The third-order valence-corrected chi connectivity index (χ3v) is 3.75. The Morgan fingerprint density at radius 3 is 2.91 bits per heavy atom. The van der Waals surface area contributed by atoms with E-state index in [-0.39, 0.29) is 17.8 Å². The van der Waals surface area contributed by atoms with E-state index in [2.05, 4.69) is 22.3 Å². The predicted molar refractivity (Wildman–Crippen MR) is 81.3 cm³/mol. The highest BCUT2D eigenvalue weighted by atomic mass is 19.3. The zero-order valence-electron chi connectivity index (χ0n) is 13.0. The normalized spacial score (nSPS) is 21.6. The first-order valence-corrected chi connectivity index (χ1v) is 7.66. The van der Waals surface area contributed by atoms with Crippen molar-refractivity contribution in [3.63, 3.8) is 0 Å². The van der Waals surface area contributed by atoms with E-state index in [9.17, 15) is 8.78 Å². The molecule has 22 heavy (non-hydrogen) atoms. The molecule has 3 atom stereocenters. The molecule has 1 saturated heterocycles. The van der Waals surface area contributed by atoms with Crippen LogP contribution < -0.4 is 15.4 Å². The summed E-state index contributed by atoms with van der Waals surface area (Å²) in [5, 5.41) is 6.91. The fourth-order valence-corrected chi connectivity index (χ4v) is 2.75. The Balaban J connectivity index is 1.86. The van der Waals surface area contributed by atoms with E-state index in [4.69, 9.17) is 4.74 Å². The first kappa shape index (κ1) is 17.1. The molecule has 6 heteroatoms. The van der Waals surface area contributed by atoms with Gasteiger partial charge in [-0.05, 0) is 38.0 Å². The summed E-state index contributed by atoms with van der Waals surface area (Å²) in [7, 11) is 0. The fraction of sp³-hybridized carbons (Fsp3) is 0.625. The first-order chi connectivity index (χ1) is 10.5. The second-order valence-corrected chi connectivity index (χ2v) is 5.70. The maximum Gasteiger partial charge on any atom is 0.387 e. The standard InChI is InChI=1S/C16H24F2N2O2/c1-11(8-14-10-21-7-6-19-14)20-12(2)13-4-3-5-15(9-13)22-16(17)18/h3-5,9,11-12,14,16,19-20H,6-8,10H2,1-2H3. The summed E-state index contributed by atoms with van der Waals surface area (Å²) >= 11 is 0. The summed E-state index contributed by atoms with van der Waals surface area (Å²) in [6, 6.07) is 7.52. The van der Waals surface area contributed by atoms with Crippen LogP contribution in [-0.2, 0) is 4.74 Å². The van der Waals surface area contributed by atoms with Crippen LogP contribution >= 0.6 is 0 Å². The Hall–Kier alpha value is -1.24. The lowest BCUT2D eigenvalue weighted by atomic mass is 10.0. The molecule has 124 valence electrons. The second kappa shape index (κ2) is 8.41. The largest absolute Gasteiger partial charge is 0.435 e. The van der Waals surface area contributed by atoms with Crippen molar-refractivity contribution < 1.29 is 18.3 Å². The number of rotatable bonds is 7. The smallest absolute Gasteiger partial charge is 0.387 e. The Kier molecular flexibility index (Phi) is 6.54. The topological polar surface area (TPSA) is 42.5 Å². The van der Waals surface area contributed by atoms with Crippen LogP contribution in [-0.4, -0.2) is 38.5 Å². The van der Waals surface area contributed by atoms with E-state index in [1.165, 1.54) is 6.07 Å². The number of halogens is 2. The van der Waals surface area contributed by atoms with Gasteiger partial charge in [-0.3, -0.25) is 0 Å². The van der Waals surface area contributed by atoms with Crippen LogP contribution in [0.1, 0.15) is 31.9 Å². The quantitative estimate of drug-likeness (QED) is 0.812. The lowest BCUT2D eigenvalue weighted by molar-refractivity contribution is -0.0499. The highest BCUT2D eigenvalue weighted by Gasteiger charge is 2.18. The molecule has 1 aliphatic rings. The summed E-state index contributed by atoms with van der Waals surface area (Å²) in [6.07, 6.45) is 0.956. The summed E-state index contributed by atoms with van der Waals surface area (Å²) in [5.41, 5.74) is 0.929. The van der Waals surface area contributed by atoms with E-state index < -0.39 is 6.61 Å². The minimum atomic E-state index is -2.80. The van der Waals surface area contributed by atoms with E-state index >= 15 is 0 Å². The summed E-state index contributed by atoms with van der Waals surface area (Å²) < 4.78 is 34.4. The Morgan fingerprint density at radius 2 is 2.23 bits per heavy atom. The molecule has 3 unspecified atom stereocenters. The average Bonchev–Trinajstić information content (AvgIpc) is 2.47. The molecular formula is C16H24F2N2O2. The van der Waals surface area contributed by atoms with Gasteiger partial charge in [0.25, 0.3) is 0 Å². The van der Waals surface area contributed by atoms with E-state index in [1.54, 1.807) is 12.1 Å². The maximum atomic E-state index is 12.3. The minimum absolute atomic E-state index is 0.0562. The van der Waals surface area contributed by atoms with Gasteiger partial charge in [-0.15, -0.1) is 0 Å². The number of benzene rings is 1. The average molecular weight is 314 g/mol. The molecule has 0 radical (unpaired) electrons. The minimum Gasteiger partial charge on any atom is -0.435 e. The van der Waals surface area contributed by atoms with Gasteiger partial charge in [0.2, 0.25) is 0 Å². The van der Waals surface area contributed by atoms with Crippen LogP contribution in [0.5, 0.6) is 5.75 Å². The molecule has 0 aliphatic carbocycles. The zero-order valence-corrected chi connectivity index (χ0v) is 13.0. The van der Waals surface area contributed by atoms with Gasteiger partial charge in [-0.1, -0.05) is 12.1 Å². The Morgan fingerprint density at radius 1 is 1.41 bits per heavy atom. The molecule has 1 aliphatic heterocycles. The van der Waals surface area contributed by atoms with Crippen molar-refractivity contribution in [1.29, 1.82) is 0 Å². The molecule has 0 amide bonds. The first-order valence-electron chi connectivity index (χ1n) is 7.66. The van der Waals surface area contributed by atoms with Gasteiger partial charge < -0.3 is 20.1 Å². The molecular weight excluding hydrogens is 290 g/mol. The lowest BCUT2D eigenvalue weighted by Crippen LogP contribution is -2.45. The van der Waals surface area contributed by atoms with Crippen LogP contribution in [0.4, 0.5) is 8.78 Å². The number of hydrogen-bond donors (Lipinski definition) is 2. The van der Waals surface area contributed by atoms with Gasteiger partial charge in [0, 0.05) is 24.7 Å². The third-order valence-electron chi connectivity index (χ3n) is 3.75. The van der Waals surface area contributed by atoms with Crippen LogP contribution in [0.3, 0.4) is 0 Å². The summed E-state index contributed by atoms with van der Waals surface area (Å²) in [4.78, 5) is 0. The van der Waals surface area contributed by atoms with Crippen molar-refractivity contribution in [2.24, 2.45) is 0 Å². The molecule has 2 rings (SSSR count). The molecule has 1 aromatic carbocycles. The number of morpholine rings is 1. The molecule has 0 aromatic heterocycles. The molecule has 1 fully saturated rings. The van der Waals surface area contributed by atoms with Gasteiger partial charge in [0.1, 0.15) is 5.75 Å². The number of alkyl halides is 2. The molecule has 1 aromatic rings. The number of nitrogens with one attached hydrogen (secondary N) is 2. The van der Waals surface area contributed by atoms with Crippen molar-refractivity contribution in [2.45, 2.75) is 45.0 Å². The predicted octanol–water partition coefficient (Wildman–Crippen LogP) is 2.71. The maximum absolute atomic E-state index is 12.3. The molecule has 0 spiro atoms. The van der Waals surface area contributed by atoms with Gasteiger partial charge in [0.05, 0.1) is 13.2 Å². The highest BCUT2D eigenvalue weighted by Crippen LogP contribution is 2.21. The fourth-order valence-electron chi connectivity index (χ4n) is 2.75. The number of hydrogen-bond acceptors (Lipinski definition) is 4. The van der Waals surface area contributed by atoms with Crippen LogP contribution in [0.2, 0.25) is 0 Å². The third kappa shape index (κ3) is 5.51. The van der Waals surface area contributed by atoms with Crippen LogP contribution in [0.15, 0.2) is 24.3 Å². The summed E-state index contributed by atoms with van der Waals surface area (Å²) in [5.74, 6) is 0.191. The monoisotopic (exact) mass is 314 g/mol. The van der Waals surface area contributed by atoms with Crippen molar-refractivity contribution in [2.75, 3.05) is 19.8 Å². The molecule has 0 saturated carbocycles. The summed E-state index contributed by atoms with van der Waals surface area (Å²) in [6.45, 7) is 3.73. The van der Waals surface area contributed by atoms with Crippen molar-refractivity contribution in [3.05, 3.63) is 29.8 Å². The molecule has 4 nitrogen and oxygen atoms in total. The molecule has 2 N–H and O–H groups in total. The van der Waals surface area contributed by atoms with Gasteiger partial charge in [-0.25, -0.2) is 0 Å². The van der Waals surface area contributed by atoms with E-state index in [0.29, 0.717) is 6.04 Å². The van der Waals surface area contributed by atoms with Crippen molar-refractivity contribution in [1.82, 2.24) is 10.6 Å². The second-order valence-electron chi connectivity index (χ2n) is 5.70. The van der Waals surface area contributed by atoms with Gasteiger partial charge >= 0.3 is 6.61 Å². The molecule has 1 heterocycles.